The molecule has 4 heteroatoms. The molecule has 2 N–H and O–H groups in total. The van der Waals surface area contributed by atoms with Gasteiger partial charge in [-0.3, -0.25) is 4.79 Å². The molecule has 4 nitrogen and oxygen atoms in total. The molecule has 0 spiro atoms. The molecule has 0 bridgehead atoms. The van der Waals surface area contributed by atoms with Crippen LogP contribution in [-0.2, 0) is 6.42 Å². The fraction of sp³-hybridized carbons (Fsp3) is 0.0455. The van der Waals surface area contributed by atoms with Gasteiger partial charge >= 0.3 is 0 Å². The van der Waals surface area contributed by atoms with Gasteiger partial charge in [0.05, 0.1) is 0 Å². The van der Waals surface area contributed by atoms with Gasteiger partial charge in [-0.25, -0.2) is 0 Å². The number of benzene rings is 3. The lowest BCUT2D eigenvalue weighted by atomic mass is 10.0. The van der Waals surface area contributed by atoms with Crippen LogP contribution < -0.4 is 5.43 Å². The van der Waals surface area contributed by atoms with Crippen molar-refractivity contribution in [2.45, 2.75) is 6.42 Å². The Hall–Kier alpha value is -3.53. The molecule has 0 aliphatic carbocycles. The van der Waals surface area contributed by atoms with E-state index in [9.17, 15) is 15.0 Å². The highest BCUT2D eigenvalue weighted by Crippen LogP contribution is 2.37. The standard InChI is InChI=1S/C22H16O4/c23-17-13-18(15-9-5-2-6-10-15)26-19-12-16(21(24)22(25)20(17)19)11-14-7-3-1-4-8-14/h1-10,12-13,24-25H,11H2. The quantitative estimate of drug-likeness (QED) is 0.538. The summed E-state index contributed by atoms with van der Waals surface area (Å²) in [5.41, 5.74) is 2.09. The Labute approximate surface area is 149 Å². The zero-order chi connectivity index (χ0) is 18.1. The van der Waals surface area contributed by atoms with E-state index in [2.05, 4.69) is 0 Å². The second kappa shape index (κ2) is 6.41. The van der Waals surface area contributed by atoms with Crippen molar-refractivity contribution in [3.8, 4) is 22.8 Å². The molecular formula is C22H16O4. The van der Waals surface area contributed by atoms with Crippen LogP contribution in [0.2, 0.25) is 0 Å². The monoisotopic (exact) mass is 344 g/mol. The van der Waals surface area contributed by atoms with Crippen LogP contribution in [0.3, 0.4) is 0 Å². The molecule has 0 saturated heterocycles. The first-order valence-corrected chi connectivity index (χ1v) is 8.24. The Bertz CT molecular complexity index is 1130. The molecule has 0 aliphatic rings. The van der Waals surface area contributed by atoms with Gasteiger partial charge in [0.15, 0.2) is 16.9 Å². The highest BCUT2D eigenvalue weighted by atomic mass is 16.3. The fourth-order valence-corrected chi connectivity index (χ4v) is 3.04. The largest absolute Gasteiger partial charge is 0.504 e. The van der Waals surface area contributed by atoms with Gasteiger partial charge in [-0.1, -0.05) is 60.7 Å². The predicted octanol–water partition coefficient (Wildman–Crippen LogP) is 4.46. The summed E-state index contributed by atoms with van der Waals surface area (Å²) < 4.78 is 5.87. The van der Waals surface area contributed by atoms with Crippen molar-refractivity contribution in [3.63, 3.8) is 0 Å². The first-order chi connectivity index (χ1) is 12.6. The number of fused-ring (bicyclic) bond motifs is 1. The van der Waals surface area contributed by atoms with Gasteiger partial charge in [0.1, 0.15) is 16.7 Å². The third-order valence-electron chi connectivity index (χ3n) is 4.34. The summed E-state index contributed by atoms with van der Waals surface area (Å²) >= 11 is 0. The molecule has 1 aromatic heterocycles. The number of hydrogen-bond donors (Lipinski definition) is 2. The highest BCUT2D eigenvalue weighted by molar-refractivity contribution is 5.88. The molecule has 0 fully saturated rings. The van der Waals surface area contributed by atoms with Crippen LogP contribution in [0.4, 0.5) is 0 Å². The average Bonchev–Trinajstić information content (AvgIpc) is 2.67. The second-order valence-electron chi connectivity index (χ2n) is 6.11. The van der Waals surface area contributed by atoms with Gasteiger partial charge in [0.2, 0.25) is 0 Å². The summed E-state index contributed by atoms with van der Waals surface area (Å²) in [6.45, 7) is 0. The van der Waals surface area contributed by atoms with E-state index in [1.165, 1.54) is 6.07 Å². The molecular weight excluding hydrogens is 328 g/mol. The van der Waals surface area contributed by atoms with Gasteiger partial charge in [-0.05, 0) is 11.6 Å². The summed E-state index contributed by atoms with van der Waals surface area (Å²) in [6.07, 6.45) is 0.412. The lowest BCUT2D eigenvalue weighted by Gasteiger charge is -2.10. The van der Waals surface area contributed by atoms with Crippen molar-refractivity contribution in [3.05, 3.63) is 94.1 Å². The van der Waals surface area contributed by atoms with E-state index < -0.39 is 11.2 Å². The van der Waals surface area contributed by atoms with E-state index in [0.717, 1.165) is 11.1 Å². The molecule has 4 rings (SSSR count). The zero-order valence-electron chi connectivity index (χ0n) is 13.8. The van der Waals surface area contributed by atoms with Crippen molar-refractivity contribution in [1.82, 2.24) is 0 Å². The third-order valence-corrected chi connectivity index (χ3v) is 4.34. The van der Waals surface area contributed by atoms with Crippen LogP contribution in [0.5, 0.6) is 11.5 Å². The van der Waals surface area contributed by atoms with E-state index in [1.54, 1.807) is 6.07 Å². The van der Waals surface area contributed by atoms with E-state index in [-0.39, 0.29) is 16.7 Å². The minimum absolute atomic E-state index is 0.0148. The van der Waals surface area contributed by atoms with E-state index in [0.29, 0.717) is 17.7 Å². The number of phenols is 2. The molecule has 1 heterocycles. The maximum atomic E-state index is 12.5. The second-order valence-corrected chi connectivity index (χ2v) is 6.11. The Morgan fingerprint density at radius 3 is 2.15 bits per heavy atom. The Balaban J connectivity index is 1.90. The summed E-state index contributed by atoms with van der Waals surface area (Å²) in [5.74, 6) is -0.318. The molecule has 128 valence electrons. The maximum Gasteiger partial charge on any atom is 0.197 e. The topological polar surface area (TPSA) is 70.7 Å². The van der Waals surface area contributed by atoms with Crippen LogP contribution in [0.25, 0.3) is 22.3 Å². The maximum absolute atomic E-state index is 12.5. The molecule has 0 aliphatic heterocycles. The number of hydrogen-bond acceptors (Lipinski definition) is 4. The van der Waals surface area contributed by atoms with E-state index in [1.807, 2.05) is 60.7 Å². The molecule has 0 atom stereocenters. The number of phenolic OH excluding ortho intramolecular Hbond substituents is 2. The summed E-state index contributed by atoms with van der Waals surface area (Å²) in [7, 11) is 0. The summed E-state index contributed by atoms with van der Waals surface area (Å²) in [5, 5.41) is 20.7. The summed E-state index contributed by atoms with van der Waals surface area (Å²) in [4.78, 5) is 12.5. The Morgan fingerprint density at radius 1 is 0.808 bits per heavy atom. The van der Waals surface area contributed by atoms with Gasteiger partial charge < -0.3 is 14.6 Å². The highest BCUT2D eigenvalue weighted by Gasteiger charge is 2.17. The first-order valence-electron chi connectivity index (χ1n) is 8.24. The SMILES string of the molecule is O=c1cc(-c2ccccc2)oc2cc(Cc3ccccc3)c(O)c(O)c12. The number of rotatable bonds is 3. The van der Waals surface area contributed by atoms with E-state index in [4.69, 9.17) is 4.42 Å². The minimum Gasteiger partial charge on any atom is -0.504 e. The van der Waals surface area contributed by atoms with Crippen molar-refractivity contribution < 1.29 is 14.6 Å². The zero-order valence-corrected chi connectivity index (χ0v) is 13.8. The van der Waals surface area contributed by atoms with Crippen molar-refractivity contribution in [2.75, 3.05) is 0 Å². The molecule has 3 aromatic carbocycles. The van der Waals surface area contributed by atoms with Crippen molar-refractivity contribution in [2.24, 2.45) is 0 Å². The van der Waals surface area contributed by atoms with Crippen LogP contribution in [0, 0.1) is 0 Å². The van der Waals surface area contributed by atoms with Crippen molar-refractivity contribution in [1.29, 1.82) is 0 Å². The molecule has 0 amide bonds. The Morgan fingerprint density at radius 2 is 1.46 bits per heavy atom. The van der Waals surface area contributed by atoms with Crippen LogP contribution in [0.15, 0.2) is 82.0 Å². The van der Waals surface area contributed by atoms with Gasteiger partial charge in [0, 0.05) is 23.6 Å². The smallest absolute Gasteiger partial charge is 0.197 e. The van der Waals surface area contributed by atoms with Gasteiger partial charge in [-0.15, -0.1) is 0 Å². The first kappa shape index (κ1) is 16.0. The van der Waals surface area contributed by atoms with Crippen LogP contribution >= 0.6 is 0 Å². The molecule has 0 radical (unpaired) electrons. The molecule has 4 aromatic rings. The third kappa shape index (κ3) is 2.82. The van der Waals surface area contributed by atoms with Gasteiger partial charge in [0.25, 0.3) is 0 Å². The summed E-state index contributed by atoms with van der Waals surface area (Å²) in [6, 6.07) is 21.8. The Kier molecular flexibility index (Phi) is 3.93. The average molecular weight is 344 g/mol. The molecule has 26 heavy (non-hydrogen) atoms. The number of aromatic hydroxyl groups is 2. The fourth-order valence-electron chi connectivity index (χ4n) is 3.04. The molecule has 0 unspecified atom stereocenters. The molecule has 0 saturated carbocycles. The lowest BCUT2D eigenvalue weighted by Crippen LogP contribution is -2.02. The predicted molar refractivity (Wildman–Crippen MR) is 100 cm³/mol. The van der Waals surface area contributed by atoms with E-state index >= 15 is 0 Å². The van der Waals surface area contributed by atoms with Crippen LogP contribution in [-0.4, -0.2) is 10.2 Å². The minimum atomic E-state index is -0.443. The normalized spacial score (nSPS) is 10.9. The van der Waals surface area contributed by atoms with Crippen LogP contribution in [0.1, 0.15) is 11.1 Å². The van der Waals surface area contributed by atoms with Gasteiger partial charge in [-0.2, -0.15) is 0 Å². The lowest BCUT2D eigenvalue weighted by molar-refractivity contribution is 0.403. The van der Waals surface area contributed by atoms with Crippen molar-refractivity contribution >= 4 is 11.0 Å².